The second kappa shape index (κ2) is 23.1. The van der Waals surface area contributed by atoms with E-state index in [2.05, 4.69) is 119 Å². The Kier molecular flexibility index (Phi) is 17.2. The van der Waals surface area contributed by atoms with Crippen LogP contribution in [0.3, 0.4) is 0 Å². The molecule has 4 aliphatic carbocycles. The van der Waals surface area contributed by atoms with Gasteiger partial charge in [-0.2, -0.15) is 0 Å². The molecule has 17 heteroatoms. The lowest BCUT2D eigenvalue weighted by atomic mass is 9.52. The average Bonchev–Trinajstić information content (AvgIpc) is 4.23. The number of pyridine rings is 1. The molecule has 0 aromatic carbocycles. The first-order valence-corrected chi connectivity index (χ1v) is 29.1. The number of nitrogens with zero attached hydrogens (tertiary/aromatic N) is 7. The van der Waals surface area contributed by atoms with Gasteiger partial charge in [0.05, 0.1) is 31.8 Å². The van der Waals surface area contributed by atoms with Gasteiger partial charge < -0.3 is 51.2 Å². The monoisotopic (exact) mass is 1080 g/mol. The van der Waals surface area contributed by atoms with E-state index in [4.69, 9.17) is 15.2 Å². The lowest BCUT2D eigenvalue weighted by Gasteiger charge is -2.53. The Morgan fingerprint density at radius 2 is 1.19 bits per heavy atom. The Hall–Kier alpha value is -4.59. The Bertz CT molecular complexity index is 2890. The van der Waals surface area contributed by atoms with E-state index < -0.39 is 55.7 Å². The Morgan fingerprint density at radius 1 is 0.705 bits per heavy atom. The number of nitrogens with one attached hydrogen (secondary N) is 1. The average molecular weight is 1080 g/mol. The molecule has 0 amide bonds. The number of ether oxygens (including phenoxy) is 2. The van der Waals surface area contributed by atoms with Crippen molar-refractivity contribution in [3.8, 4) is 0 Å². The van der Waals surface area contributed by atoms with Crippen molar-refractivity contribution in [2.75, 3.05) is 30.8 Å². The molecule has 4 fully saturated rings. The van der Waals surface area contributed by atoms with Crippen LogP contribution >= 0.6 is 0 Å². The van der Waals surface area contributed by atoms with Crippen molar-refractivity contribution in [3.63, 3.8) is 0 Å². The molecule has 78 heavy (non-hydrogen) atoms. The van der Waals surface area contributed by atoms with Gasteiger partial charge in [-0.25, -0.2) is 19.5 Å². The number of hydrogen-bond donors (Lipinski definition) is 8. The van der Waals surface area contributed by atoms with E-state index in [1.165, 1.54) is 81.7 Å². The van der Waals surface area contributed by atoms with Gasteiger partial charge in [-0.15, -0.1) is 0 Å². The van der Waals surface area contributed by atoms with Crippen LogP contribution in [-0.4, -0.2) is 116 Å². The van der Waals surface area contributed by atoms with Gasteiger partial charge >= 0.3 is 0 Å². The quantitative estimate of drug-likeness (QED) is 0.0412. The summed E-state index contributed by atoms with van der Waals surface area (Å²) in [5, 5.41) is 63.5. The lowest BCUT2D eigenvalue weighted by Crippen LogP contribution is -2.43. The molecule has 6 heterocycles. The van der Waals surface area contributed by atoms with Crippen LogP contribution in [0.5, 0.6) is 0 Å². The molecule has 2 aliphatic heterocycles. The van der Waals surface area contributed by atoms with Gasteiger partial charge in [0.25, 0.3) is 5.82 Å². The van der Waals surface area contributed by atoms with Crippen molar-refractivity contribution in [1.29, 1.82) is 0 Å². The molecule has 14 atom stereocenters. The predicted octanol–water partition coefficient (Wildman–Crippen LogP) is 8.42. The molecule has 2 unspecified atom stereocenters. The second-order valence-corrected chi connectivity index (χ2v) is 26.0. The van der Waals surface area contributed by atoms with Crippen LogP contribution in [0, 0.1) is 45.3 Å². The van der Waals surface area contributed by atoms with Crippen LogP contribution in [0.25, 0.3) is 22.3 Å². The number of fused-ring (bicyclic) bond motifs is 4. The van der Waals surface area contributed by atoms with Crippen molar-refractivity contribution >= 4 is 33.8 Å². The second-order valence-electron chi connectivity index (χ2n) is 26.0. The number of aromatic nitrogens is 7. The van der Waals surface area contributed by atoms with Gasteiger partial charge in [0.2, 0.25) is 12.0 Å². The molecule has 4 aromatic heterocycles. The molecule has 2 saturated heterocycles. The molecule has 0 spiro atoms. The minimum atomic E-state index is -1.21. The smallest absolute Gasteiger partial charge is 0.251 e. The van der Waals surface area contributed by atoms with E-state index in [1.807, 2.05) is 10.6 Å². The van der Waals surface area contributed by atoms with Gasteiger partial charge in [0.1, 0.15) is 48.5 Å². The van der Waals surface area contributed by atoms with Crippen molar-refractivity contribution in [1.82, 2.24) is 29.1 Å². The summed E-state index contributed by atoms with van der Waals surface area (Å²) in [6.07, 6.45) is 22.7. The number of imidazole rings is 2. The van der Waals surface area contributed by atoms with E-state index >= 15 is 0 Å². The first-order chi connectivity index (χ1) is 37.0. The van der Waals surface area contributed by atoms with E-state index in [-0.39, 0.29) is 6.61 Å². The highest BCUT2D eigenvalue weighted by atomic mass is 16.6. The molecule has 10 rings (SSSR count). The Labute approximate surface area is 461 Å². The first-order valence-electron chi connectivity index (χ1n) is 29.1. The molecular weight excluding hydrogens is 987 g/mol. The topological polar surface area (TPSA) is 243 Å². The van der Waals surface area contributed by atoms with Gasteiger partial charge in [-0.3, -0.25) is 9.13 Å². The van der Waals surface area contributed by atoms with Crippen molar-refractivity contribution in [2.45, 2.75) is 202 Å². The van der Waals surface area contributed by atoms with Gasteiger partial charge in [-0.05, 0) is 129 Å². The summed E-state index contributed by atoms with van der Waals surface area (Å²) >= 11 is 0. The summed E-state index contributed by atoms with van der Waals surface area (Å²) in [7, 11) is 0. The minimum Gasteiger partial charge on any atom is -0.394 e. The molecule has 0 radical (unpaired) electrons. The van der Waals surface area contributed by atoms with Gasteiger partial charge in [0.15, 0.2) is 23.6 Å². The minimum absolute atomic E-state index is 0.311. The Balaban J connectivity index is 0.000000190. The van der Waals surface area contributed by atoms with E-state index in [1.54, 1.807) is 39.1 Å². The van der Waals surface area contributed by atoms with Crippen LogP contribution in [0.15, 0.2) is 77.8 Å². The summed E-state index contributed by atoms with van der Waals surface area (Å²) in [5.41, 5.74) is 17.0. The molecule has 17 nitrogen and oxygen atoms in total. The number of anilines is 2. The highest BCUT2D eigenvalue weighted by molar-refractivity contribution is 5.85. The first kappa shape index (κ1) is 58.1. The zero-order valence-electron chi connectivity index (χ0n) is 48.1. The van der Waals surface area contributed by atoms with Gasteiger partial charge in [-0.1, -0.05) is 120 Å². The van der Waals surface area contributed by atoms with Crippen molar-refractivity contribution in [2.24, 2.45) is 45.3 Å². The van der Waals surface area contributed by atoms with E-state index in [0.29, 0.717) is 86.6 Å². The maximum Gasteiger partial charge on any atom is 0.251 e. The van der Waals surface area contributed by atoms with Crippen molar-refractivity contribution < 1.29 is 44.7 Å². The van der Waals surface area contributed by atoms with E-state index in [0.717, 1.165) is 18.5 Å². The molecule has 9 N–H and O–H groups in total. The fourth-order valence-corrected chi connectivity index (χ4v) is 14.4. The standard InChI is InChI=1S/C31H46N4O4.C30H45N5O4/c1-19(10-14-31(5)20(2)8-9-21-22(31)7-6-13-30(21,3)4)11-15-32-23-12-16-33-28-25(23)34-18-35(28)29-27(38)26(37)24(17-36)39-29;1-18(10-13-30(5)19(2)8-9-20-21(30)7-6-12-29(20,3)4)11-14-34-16-33-27-23(26(34)31)32-17-35(27)28-25(38)24(37)22(15-36)39-28/h9,11-12,16,18,20,22,24,26-27,29,36-38H,6-8,10,13-15,17H2,1-5H3,(H,32,33);9,11,16-17,19,21-22,24-25,28,31,36-38H,6-8,10,12-15H2,1-5H3/p+1/b19-11+;18-11+/t20-,22+,24+,26-,27?,29+,31+;19-,21+,22+,24-,25?,28+,30+/m00/s1. The normalized spacial score (nSPS) is 34.7. The molecule has 428 valence electrons. The summed E-state index contributed by atoms with van der Waals surface area (Å²) < 4.78 is 16.4. The number of nitrogen functional groups attached to an aromatic ring is 1. The largest absolute Gasteiger partial charge is 0.394 e. The predicted molar refractivity (Wildman–Crippen MR) is 302 cm³/mol. The maximum absolute atomic E-state index is 10.4. The van der Waals surface area contributed by atoms with Gasteiger partial charge in [0, 0.05) is 12.7 Å². The van der Waals surface area contributed by atoms with E-state index in [9.17, 15) is 30.6 Å². The molecule has 6 aliphatic rings. The molecular formula is C61H92N9O8+. The summed E-state index contributed by atoms with van der Waals surface area (Å²) in [5.74, 6) is 3.23. The third-order valence-corrected chi connectivity index (χ3v) is 20.3. The molecule has 0 bridgehead atoms. The molecule has 2 saturated carbocycles. The highest BCUT2D eigenvalue weighted by Crippen LogP contribution is 2.59. The third kappa shape index (κ3) is 11.0. The third-order valence-electron chi connectivity index (χ3n) is 20.3. The fourth-order valence-electron chi connectivity index (χ4n) is 14.4. The highest BCUT2D eigenvalue weighted by Gasteiger charge is 2.50. The SMILES string of the molecule is C/C(=C\CNc1ccnc2c1ncn2[C@@H]1O[C@H](CO)[C@H](O)C1O)CC[C@@]1(C)[C@@H]2CCCC(C)(C)C2=CC[C@@H]1C.C/C(=C\C[n+]1cnc2c(ncn2[C@@H]2O[C@H](CO)[C@H](O)C2O)c1N)CC[C@@]1(C)[C@@H]2CCCC(C)(C)C2=CC[C@@H]1C. The number of aliphatic hydroxyl groups excluding tert-OH is 6. The molecule has 4 aromatic rings. The van der Waals surface area contributed by atoms with Crippen LogP contribution in [-0.2, 0) is 16.0 Å². The fraction of sp³-hybridized carbons (Fsp3) is 0.689. The van der Waals surface area contributed by atoms with Crippen LogP contribution in [0.1, 0.15) is 159 Å². The van der Waals surface area contributed by atoms with Crippen LogP contribution in [0.4, 0.5) is 11.5 Å². The number of allylic oxidation sites excluding steroid dienone is 7. The summed E-state index contributed by atoms with van der Waals surface area (Å²) in [4.78, 5) is 17.9. The lowest BCUT2D eigenvalue weighted by molar-refractivity contribution is -0.674. The summed E-state index contributed by atoms with van der Waals surface area (Å²) in [6, 6.07) is 1.89. The van der Waals surface area contributed by atoms with Crippen molar-refractivity contribution in [3.05, 3.63) is 77.8 Å². The number of nitrogens with two attached hydrogens (primary N) is 1. The van der Waals surface area contributed by atoms with Crippen LogP contribution < -0.4 is 15.6 Å². The van der Waals surface area contributed by atoms with Crippen LogP contribution in [0.2, 0.25) is 0 Å². The Morgan fingerprint density at radius 3 is 1.69 bits per heavy atom. The number of hydrogen-bond acceptors (Lipinski definition) is 14. The number of rotatable bonds is 15. The number of aliphatic hydroxyl groups is 6. The zero-order valence-corrected chi connectivity index (χ0v) is 48.1. The zero-order chi connectivity index (χ0) is 56.1. The summed E-state index contributed by atoms with van der Waals surface area (Å²) in [6.45, 7) is 24.6. The maximum atomic E-state index is 10.4.